The number of hydrogen-bond acceptors (Lipinski definition) is 4. The van der Waals surface area contributed by atoms with E-state index in [0.29, 0.717) is 18.1 Å². The van der Waals surface area contributed by atoms with Crippen LogP contribution in [0.4, 0.5) is 5.69 Å². The summed E-state index contributed by atoms with van der Waals surface area (Å²) in [7, 11) is 0. The molecule has 1 aliphatic rings. The van der Waals surface area contributed by atoms with E-state index >= 15 is 0 Å². The highest BCUT2D eigenvalue weighted by atomic mass is 32.1. The molecule has 0 bridgehead atoms. The first-order valence-corrected chi connectivity index (χ1v) is 10.8. The van der Waals surface area contributed by atoms with Crippen molar-refractivity contribution in [3.05, 3.63) is 82.3 Å². The molecule has 0 aliphatic carbocycles. The molecule has 1 aromatic carbocycles. The number of benzene rings is 1. The summed E-state index contributed by atoms with van der Waals surface area (Å²) in [6.45, 7) is 2.52. The van der Waals surface area contributed by atoms with Crippen molar-refractivity contribution in [2.45, 2.75) is 25.4 Å². The quantitative estimate of drug-likeness (QED) is 0.575. The Morgan fingerprint density at radius 3 is 2.76 bits per heavy atom. The van der Waals surface area contributed by atoms with E-state index in [1.165, 1.54) is 4.88 Å². The maximum atomic E-state index is 12.6. The molecule has 2 N–H and O–H groups in total. The molecule has 3 aromatic rings. The van der Waals surface area contributed by atoms with Crippen molar-refractivity contribution in [3.63, 3.8) is 0 Å². The van der Waals surface area contributed by atoms with Crippen LogP contribution >= 0.6 is 23.6 Å². The molecule has 29 heavy (non-hydrogen) atoms. The van der Waals surface area contributed by atoms with Crippen LogP contribution in [0.5, 0.6) is 0 Å². The highest BCUT2D eigenvalue weighted by Crippen LogP contribution is 2.40. The van der Waals surface area contributed by atoms with Gasteiger partial charge in [0.2, 0.25) is 5.91 Å². The molecule has 0 unspecified atom stereocenters. The predicted octanol–water partition coefficient (Wildman–Crippen LogP) is 4.45. The maximum absolute atomic E-state index is 12.6. The molecule has 1 fully saturated rings. The van der Waals surface area contributed by atoms with Gasteiger partial charge in [-0.2, -0.15) is 0 Å². The van der Waals surface area contributed by atoms with Gasteiger partial charge >= 0.3 is 0 Å². The first-order valence-electron chi connectivity index (χ1n) is 9.50. The fourth-order valence-corrected chi connectivity index (χ4v) is 4.77. The normalized spacial score (nSPS) is 18.5. The van der Waals surface area contributed by atoms with E-state index in [1.54, 1.807) is 17.5 Å². The lowest BCUT2D eigenvalue weighted by Gasteiger charge is -2.26. The van der Waals surface area contributed by atoms with Crippen LogP contribution in [-0.4, -0.2) is 27.4 Å². The lowest BCUT2D eigenvalue weighted by atomic mass is 10.0. The highest BCUT2D eigenvalue weighted by Gasteiger charge is 2.40. The predicted molar refractivity (Wildman–Crippen MR) is 121 cm³/mol. The van der Waals surface area contributed by atoms with E-state index in [9.17, 15) is 4.79 Å². The number of carbonyl (C=O) groups excluding carboxylic acids is 1. The summed E-state index contributed by atoms with van der Waals surface area (Å²) in [5.74, 6) is -0.0201. The Morgan fingerprint density at radius 2 is 2.03 bits per heavy atom. The zero-order valence-electron chi connectivity index (χ0n) is 16.0. The highest BCUT2D eigenvalue weighted by molar-refractivity contribution is 7.80. The monoisotopic (exact) mass is 422 g/mol. The number of carbonyl (C=O) groups is 1. The third-order valence-corrected chi connectivity index (χ3v) is 6.33. The molecule has 1 saturated heterocycles. The molecule has 148 valence electrons. The summed E-state index contributed by atoms with van der Waals surface area (Å²) in [6, 6.07) is 17.8. The smallest absolute Gasteiger partial charge is 0.226 e. The lowest BCUT2D eigenvalue weighted by Crippen LogP contribution is -2.32. The van der Waals surface area contributed by atoms with E-state index in [2.05, 4.69) is 32.0 Å². The van der Waals surface area contributed by atoms with Crippen LogP contribution in [0, 0.1) is 6.92 Å². The number of anilines is 1. The van der Waals surface area contributed by atoms with Gasteiger partial charge in [0, 0.05) is 29.7 Å². The summed E-state index contributed by atoms with van der Waals surface area (Å²) < 4.78 is 0. The van der Waals surface area contributed by atoms with E-state index in [1.807, 2.05) is 55.5 Å². The van der Waals surface area contributed by atoms with Crippen LogP contribution in [0.15, 0.2) is 66.2 Å². The van der Waals surface area contributed by atoms with E-state index in [4.69, 9.17) is 12.2 Å². The van der Waals surface area contributed by atoms with Gasteiger partial charge in [0.25, 0.3) is 0 Å². The Labute approximate surface area is 179 Å². The van der Waals surface area contributed by atoms with E-state index in [0.717, 1.165) is 16.9 Å². The van der Waals surface area contributed by atoms with E-state index < -0.39 is 0 Å². The first kappa shape index (κ1) is 19.5. The first-order chi connectivity index (χ1) is 14.1. The van der Waals surface area contributed by atoms with Crippen molar-refractivity contribution in [1.82, 2.24) is 15.2 Å². The largest absolute Gasteiger partial charge is 0.352 e. The second-order valence-corrected chi connectivity index (χ2v) is 8.31. The number of pyridine rings is 1. The van der Waals surface area contributed by atoms with Crippen LogP contribution in [0.2, 0.25) is 0 Å². The second kappa shape index (κ2) is 8.71. The Bertz CT molecular complexity index is 991. The zero-order valence-corrected chi connectivity index (χ0v) is 17.7. The molecule has 3 heterocycles. The van der Waals surface area contributed by atoms with Crippen molar-refractivity contribution in [3.8, 4) is 0 Å². The third kappa shape index (κ3) is 4.31. The summed E-state index contributed by atoms with van der Waals surface area (Å²) in [4.78, 5) is 20.4. The van der Waals surface area contributed by atoms with E-state index in [-0.39, 0.29) is 18.0 Å². The van der Waals surface area contributed by atoms with Crippen LogP contribution < -0.4 is 10.6 Å². The Balaban J connectivity index is 1.50. The summed E-state index contributed by atoms with van der Waals surface area (Å²) in [5, 5.41) is 9.13. The van der Waals surface area contributed by atoms with Crippen molar-refractivity contribution in [2.75, 3.05) is 11.9 Å². The van der Waals surface area contributed by atoms with Gasteiger partial charge in [-0.25, -0.2) is 0 Å². The molecule has 0 radical (unpaired) electrons. The number of rotatable bonds is 6. The van der Waals surface area contributed by atoms with Crippen molar-refractivity contribution >= 4 is 40.3 Å². The molecular weight excluding hydrogens is 400 g/mol. The van der Waals surface area contributed by atoms with Gasteiger partial charge < -0.3 is 15.5 Å². The number of aromatic nitrogens is 1. The average molecular weight is 423 g/mol. The standard InChI is InChI=1S/C22H22N4OS2/c1-15-7-2-3-8-16(15)24-19(27)11-13-26-21(18-10-6-14-29-18)20(25-22(26)28)17-9-4-5-12-23-17/h2-10,12,14,20-21H,11,13H2,1H3,(H,24,27)(H,25,28)/t20-,21-/m1/s1. The number of nitrogens with one attached hydrogen (secondary N) is 2. The minimum atomic E-state index is -0.0400. The molecule has 5 nitrogen and oxygen atoms in total. The number of thiophene rings is 1. The second-order valence-electron chi connectivity index (χ2n) is 6.95. The third-order valence-electron chi connectivity index (χ3n) is 5.03. The van der Waals surface area contributed by atoms with Gasteiger partial charge in [-0.3, -0.25) is 9.78 Å². The van der Waals surface area contributed by atoms with Crippen molar-refractivity contribution in [2.24, 2.45) is 0 Å². The minimum absolute atomic E-state index is 0.0173. The summed E-state index contributed by atoms with van der Waals surface area (Å²) in [6.07, 6.45) is 2.15. The molecule has 1 amide bonds. The van der Waals surface area contributed by atoms with Crippen LogP contribution in [0.25, 0.3) is 0 Å². The molecule has 2 atom stereocenters. The molecule has 7 heteroatoms. The van der Waals surface area contributed by atoms with Gasteiger partial charge in [-0.1, -0.05) is 30.3 Å². The number of hydrogen-bond donors (Lipinski definition) is 2. The van der Waals surface area contributed by atoms with Crippen molar-refractivity contribution in [1.29, 1.82) is 0 Å². The fraction of sp³-hybridized carbons (Fsp3) is 0.227. The number of aryl methyl sites for hydroxylation is 1. The average Bonchev–Trinajstić information content (AvgIpc) is 3.36. The Hall–Kier alpha value is -2.77. The van der Waals surface area contributed by atoms with Crippen LogP contribution in [0.3, 0.4) is 0 Å². The molecule has 2 aromatic heterocycles. The Kier molecular flexibility index (Phi) is 5.87. The summed E-state index contributed by atoms with van der Waals surface area (Å²) in [5.41, 5.74) is 2.84. The molecule has 1 aliphatic heterocycles. The Morgan fingerprint density at radius 1 is 1.21 bits per heavy atom. The number of amides is 1. The van der Waals surface area contributed by atoms with Gasteiger partial charge in [0.05, 0.1) is 17.8 Å². The van der Waals surface area contributed by atoms with Gasteiger partial charge in [-0.15, -0.1) is 11.3 Å². The molecule has 4 rings (SSSR count). The van der Waals surface area contributed by atoms with Gasteiger partial charge in [0.1, 0.15) is 0 Å². The number of thiocarbonyl (C=S) groups is 1. The van der Waals surface area contributed by atoms with Crippen LogP contribution in [-0.2, 0) is 4.79 Å². The van der Waals surface area contributed by atoms with Crippen molar-refractivity contribution < 1.29 is 4.79 Å². The fourth-order valence-electron chi connectivity index (χ4n) is 3.56. The molecule has 0 saturated carbocycles. The number of nitrogens with zero attached hydrogens (tertiary/aromatic N) is 2. The SMILES string of the molecule is Cc1ccccc1NC(=O)CCN1C(=S)N[C@H](c2ccccn2)[C@H]1c1cccs1. The summed E-state index contributed by atoms with van der Waals surface area (Å²) >= 11 is 7.32. The van der Waals surface area contributed by atoms with Crippen LogP contribution in [0.1, 0.15) is 34.6 Å². The minimum Gasteiger partial charge on any atom is -0.352 e. The topological polar surface area (TPSA) is 57.3 Å². The lowest BCUT2D eigenvalue weighted by molar-refractivity contribution is -0.116. The zero-order chi connectivity index (χ0) is 20.2. The molecular formula is C22H22N4OS2. The van der Waals surface area contributed by atoms with Gasteiger partial charge in [0.15, 0.2) is 5.11 Å². The van der Waals surface area contributed by atoms with Gasteiger partial charge in [-0.05, 0) is 54.4 Å². The maximum Gasteiger partial charge on any atom is 0.226 e. The number of para-hydroxylation sites is 1. The molecule has 0 spiro atoms.